The SMILES string of the molecule is N#Cc1cccc(NC(=O)c2ccnc(C(=O)NCCc3ccccc3F)c2)c1. The van der Waals surface area contributed by atoms with Gasteiger partial charge in [-0.15, -0.1) is 0 Å². The number of carbonyl (C=O) groups is 2. The molecule has 3 aromatic rings. The van der Waals surface area contributed by atoms with Crippen LogP contribution in [0.5, 0.6) is 0 Å². The minimum Gasteiger partial charge on any atom is -0.350 e. The lowest BCUT2D eigenvalue weighted by molar-refractivity contribution is 0.0949. The van der Waals surface area contributed by atoms with Crippen LogP contribution in [0.1, 0.15) is 32.0 Å². The van der Waals surface area contributed by atoms with E-state index < -0.39 is 11.8 Å². The second-order valence-corrected chi connectivity index (χ2v) is 6.17. The van der Waals surface area contributed by atoms with Gasteiger partial charge in [-0.3, -0.25) is 14.6 Å². The van der Waals surface area contributed by atoms with Crippen molar-refractivity contribution in [2.75, 3.05) is 11.9 Å². The molecule has 0 saturated heterocycles. The highest BCUT2D eigenvalue weighted by Crippen LogP contribution is 2.12. The van der Waals surface area contributed by atoms with Crippen LogP contribution in [-0.4, -0.2) is 23.3 Å². The molecular formula is C22H17FN4O2. The average molecular weight is 388 g/mol. The predicted octanol–water partition coefficient (Wildman–Crippen LogP) is 3.32. The number of aromatic nitrogens is 1. The molecule has 6 nitrogen and oxygen atoms in total. The second-order valence-electron chi connectivity index (χ2n) is 6.17. The van der Waals surface area contributed by atoms with E-state index in [0.717, 1.165) is 0 Å². The maximum Gasteiger partial charge on any atom is 0.269 e. The van der Waals surface area contributed by atoms with Gasteiger partial charge in [-0.1, -0.05) is 24.3 Å². The summed E-state index contributed by atoms with van der Waals surface area (Å²) in [6, 6.07) is 17.7. The summed E-state index contributed by atoms with van der Waals surface area (Å²) in [7, 11) is 0. The zero-order chi connectivity index (χ0) is 20.6. The Labute approximate surface area is 167 Å². The fourth-order valence-electron chi connectivity index (χ4n) is 2.67. The molecule has 0 spiro atoms. The number of nitrogens with one attached hydrogen (secondary N) is 2. The van der Waals surface area contributed by atoms with Gasteiger partial charge in [0.1, 0.15) is 11.5 Å². The summed E-state index contributed by atoms with van der Waals surface area (Å²) in [6.07, 6.45) is 1.71. The topological polar surface area (TPSA) is 94.9 Å². The van der Waals surface area contributed by atoms with E-state index in [1.807, 2.05) is 6.07 Å². The van der Waals surface area contributed by atoms with Crippen molar-refractivity contribution in [3.8, 4) is 6.07 Å². The molecule has 0 unspecified atom stereocenters. The van der Waals surface area contributed by atoms with E-state index in [4.69, 9.17) is 5.26 Å². The number of benzene rings is 2. The lowest BCUT2D eigenvalue weighted by Crippen LogP contribution is -2.27. The molecule has 2 amide bonds. The molecule has 0 aliphatic carbocycles. The number of halogens is 1. The van der Waals surface area contributed by atoms with E-state index >= 15 is 0 Å². The Bertz CT molecular complexity index is 1090. The van der Waals surface area contributed by atoms with Crippen molar-refractivity contribution >= 4 is 17.5 Å². The first-order valence-corrected chi connectivity index (χ1v) is 8.86. The van der Waals surface area contributed by atoms with E-state index in [0.29, 0.717) is 23.2 Å². The molecule has 144 valence electrons. The quantitative estimate of drug-likeness (QED) is 0.677. The third-order valence-corrected chi connectivity index (χ3v) is 4.14. The van der Waals surface area contributed by atoms with E-state index in [1.165, 1.54) is 24.4 Å². The summed E-state index contributed by atoms with van der Waals surface area (Å²) in [6.45, 7) is 0.235. The van der Waals surface area contributed by atoms with Gasteiger partial charge in [-0.05, 0) is 48.4 Å². The van der Waals surface area contributed by atoms with Gasteiger partial charge in [-0.25, -0.2) is 4.39 Å². The highest BCUT2D eigenvalue weighted by Gasteiger charge is 2.12. The summed E-state index contributed by atoms with van der Waals surface area (Å²) < 4.78 is 13.6. The van der Waals surface area contributed by atoms with Crippen molar-refractivity contribution in [1.82, 2.24) is 10.3 Å². The minimum absolute atomic E-state index is 0.0805. The molecular weight excluding hydrogens is 371 g/mol. The third kappa shape index (κ3) is 5.23. The lowest BCUT2D eigenvalue weighted by Gasteiger charge is -2.08. The highest BCUT2D eigenvalue weighted by atomic mass is 19.1. The van der Waals surface area contributed by atoms with Crippen molar-refractivity contribution < 1.29 is 14.0 Å². The molecule has 29 heavy (non-hydrogen) atoms. The van der Waals surface area contributed by atoms with Crippen LogP contribution in [0.4, 0.5) is 10.1 Å². The smallest absolute Gasteiger partial charge is 0.269 e. The van der Waals surface area contributed by atoms with Gasteiger partial charge in [0.05, 0.1) is 11.6 Å². The fraction of sp³-hybridized carbons (Fsp3) is 0.0909. The molecule has 0 aliphatic rings. The maximum absolute atomic E-state index is 13.6. The normalized spacial score (nSPS) is 10.1. The van der Waals surface area contributed by atoms with E-state index in [2.05, 4.69) is 15.6 Å². The van der Waals surface area contributed by atoms with Crippen LogP contribution in [0.3, 0.4) is 0 Å². The van der Waals surface area contributed by atoms with Gasteiger partial charge in [0.2, 0.25) is 0 Å². The molecule has 3 rings (SSSR count). The zero-order valence-electron chi connectivity index (χ0n) is 15.4. The molecule has 7 heteroatoms. The number of rotatable bonds is 6. The predicted molar refractivity (Wildman–Crippen MR) is 106 cm³/mol. The molecule has 0 radical (unpaired) electrons. The molecule has 0 atom stereocenters. The first kappa shape index (κ1) is 19.7. The summed E-state index contributed by atoms with van der Waals surface area (Å²) in [4.78, 5) is 28.7. The molecule has 0 fully saturated rings. The lowest BCUT2D eigenvalue weighted by atomic mass is 10.1. The standard InChI is InChI=1S/C22H17FN4O2/c23-19-7-2-1-5-16(19)8-11-26-22(29)20-13-17(9-10-25-20)21(28)27-18-6-3-4-15(12-18)14-24/h1-7,9-10,12-13H,8,11H2,(H,26,29)(H,27,28). The van der Waals surface area contributed by atoms with Crippen LogP contribution < -0.4 is 10.6 Å². The van der Waals surface area contributed by atoms with Gasteiger partial charge in [0.15, 0.2) is 0 Å². The molecule has 1 heterocycles. The van der Waals surface area contributed by atoms with Crippen molar-refractivity contribution in [1.29, 1.82) is 5.26 Å². The molecule has 0 saturated carbocycles. The van der Waals surface area contributed by atoms with Crippen molar-refractivity contribution in [3.63, 3.8) is 0 Å². The monoisotopic (exact) mass is 388 g/mol. The number of nitriles is 1. The zero-order valence-corrected chi connectivity index (χ0v) is 15.4. The van der Waals surface area contributed by atoms with Crippen LogP contribution in [0, 0.1) is 17.1 Å². The first-order chi connectivity index (χ1) is 14.1. The van der Waals surface area contributed by atoms with E-state index in [9.17, 15) is 14.0 Å². The van der Waals surface area contributed by atoms with Gasteiger partial charge in [0, 0.05) is 24.0 Å². The van der Waals surface area contributed by atoms with Crippen molar-refractivity contribution in [2.45, 2.75) is 6.42 Å². The number of nitrogens with zero attached hydrogens (tertiary/aromatic N) is 2. The van der Waals surface area contributed by atoms with Crippen molar-refractivity contribution in [3.05, 3.63) is 95.1 Å². The van der Waals surface area contributed by atoms with Crippen LogP contribution in [-0.2, 0) is 6.42 Å². The van der Waals surface area contributed by atoms with Gasteiger partial charge in [0.25, 0.3) is 11.8 Å². The highest BCUT2D eigenvalue weighted by molar-refractivity contribution is 6.05. The van der Waals surface area contributed by atoms with Crippen LogP contribution in [0.25, 0.3) is 0 Å². The molecule has 2 N–H and O–H groups in total. The molecule has 2 aromatic carbocycles. The number of amides is 2. The third-order valence-electron chi connectivity index (χ3n) is 4.14. The summed E-state index contributed by atoms with van der Waals surface area (Å²) in [5, 5.41) is 14.3. The van der Waals surface area contributed by atoms with Crippen LogP contribution in [0.2, 0.25) is 0 Å². The maximum atomic E-state index is 13.6. The van der Waals surface area contributed by atoms with Gasteiger partial charge < -0.3 is 10.6 Å². The minimum atomic E-state index is -0.456. The number of hydrogen-bond donors (Lipinski definition) is 2. The second kappa shape index (κ2) is 9.24. The Morgan fingerprint density at radius 1 is 1.03 bits per heavy atom. The van der Waals surface area contributed by atoms with Gasteiger partial charge in [-0.2, -0.15) is 5.26 Å². The number of carbonyl (C=O) groups excluding carboxylic acids is 2. The number of pyridine rings is 1. The number of hydrogen-bond acceptors (Lipinski definition) is 4. The molecule has 0 bridgehead atoms. The van der Waals surface area contributed by atoms with Crippen LogP contribution >= 0.6 is 0 Å². The van der Waals surface area contributed by atoms with Crippen molar-refractivity contribution in [2.24, 2.45) is 0 Å². The number of anilines is 1. The van der Waals surface area contributed by atoms with E-state index in [-0.39, 0.29) is 23.6 Å². The Hall–Kier alpha value is -4.05. The first-order valence-electron chi connectivity index (χ1n) is 8.86. The summed E-state index contributed by atoms with van der Waals surface area (Å²) in [5.41, 5.74) is 1.74. The Balaban J connectivity index is 1.62. The Kier molecular flexibility index (Phi) is 6.28. The fourth-order valence-corrected chi connectivity index (χ4v) is 2.67. The Morgan fingerprint density at radius 3 is 2.66 bits per heavy atom. The molecule has 1 aromatic heterocycles. The summed E-state index contributed by atoms with van der Waals surface area (Å²) >= 11 is 0. The van der Waals surface area contributed by atoms with Gasteiger partial charge >= 0.3 is 0 Å². The largest absolute Gasteiger partial charge is 0.350 e. The molecule has 0 aliphatic heterocycles. The average Bonchev–Trinajstić information content (AvgIpc) is 2.75. The summed E-state index contributed by atoms with van der Waals surface area (Å²) in [5.74, 6) is -1.20. The Morgan fingerprint density at radius 2 is 1.86 bits per heavy atom. The van der Waals surface area contributed by atoms with Crippen LogP contribution in [0.15, 0.2) is 66.9 Å². The van der Waals surface area contributed by atoms with E-state index in [1.54, 1.807) is 42.5 Å².